The summed E-state index contributed by atoms with van der Waals surface area (Å²) in [5.41, 5.74) is 0. The molecule has 2 fully saturated rings. The van der Waals surface area contributed by atoms with E-state index in [9.17, 15) is 40.5 Å². The Morgan fingerprint density at radius 2 is 0.823 bits per heavy atom. The first-order valence-electron chi connectivity index (χ1n) is 30.8. The van der Waals surface area contributed by atoms with Crippen molar-refractivity contribution in [3.8, 4) is 0 Å². The molecule has 0 bridgehead atoms. The van der Waals surface area contributed by atoms with Gasteiger partial charge in [-0.1, -0.05) is 201 Å². The van der Waals surface area contributed by atoms with Crippen LogP contribution in [0.5, 0.6) is 0 Å². The van der Waals surface area contributed by atoms with Crippen molar-refractivity contribution in [3.63, 3.8) is 0 Å². The molecule has 0 saturated carbocycles. The molecular weight excluding hydrogens is 1000 g/mol. The Morgan fingerprint density at radius 1 is 0.430 bits per heavy atom. The molecule has 2 saturated heterocycles. The molecule has 79 heavy (non-hydrogen) atoms. The lowest BCUT2D eigenvalue weighted by Crippen LogP contribution is -2.61. The molecule has 2 rings (SSSR count). The molecular formula is C65H110O14. The number of hydrogen-bond acceptors (Lipinski definition) is 14. The van der Waals surface area contributed by atoms with Gasteiger partial charge in [-0.3, -0.25) is 4.79 Å². The minimum absolute atomic E-state index is 0.0431. The van der Waals surface area contributed by atoms with Crippen molar-refractivity contribution in [1.29, 1.82) is 0 Å². The van der Waals surface area contributed by atoms with Gasteiger partial charge in [0.25, 0.3) is 0 Å². The van der Waals surface area contributed by atoms with E-state index in [1.165, 1.54) is 89.9 Å². The molecule has 0 aliphatic carbocycles. The second-order valence-electron chi connectivity index (χ2n) is 21.1. The van der Waals surface area contributed by atoms with Crippen LogP contribution in [0.15, 0.2) is 97.2 Å². The van der Waals surface area contributed by atoms with E-state index in [1.54, 1.807) is 0 Å². The average Bonchev–Trinajstić information content (AvgIpc) is 3.46. The van der Waals surface area contributed by atoms with Crippen molar-refractivity contribution >= 4 is 5.97 Å². The van der Waals surface area contributed by atoms with E-state index in [4.69, 9.17) is 28.4 Å². The molecule has 2 aliphatic heterocycles. The third-order valence-corrected chi connectivity index (χ3v) is 14.1. The first kappa shape index (κ1) is 72.0. The zero-order valence-electron chi connectivity index (χ0n) is 48.8. The van der Waals surface area contributed by atoms with Crippen LogP contribution in [0, 0.1) is 0 Å². The van der Waals surface area contributed by atoms with E-state index in [2.05, 4.69) is 111 Å². The number of aliphatic hydroxyl groups is 7. The standard InChI is InChI=1S/C65H110O14/c1-3-5-7-9-11-13-15-17-19-21-23-25-27-28-30-32-34-36-38-40-42-44-46-48-57(67)77-54(51-74-49-47-45-43-41-39-37-35-33-31-29-26-24-22-20-18-16-14-12-10-8-6-4-2)52-75-64-63(73)61(71)59(69)56(79-64)53-76-65-62(72)60(70)58(68)55(50-66)78-65/h5,7,11,13,16-19,22-25,28,30,34,36,54-56,58-66,68-73H,3-4,6,8-10,12,14-15,20-21,26-27,29,31-33,35,37-53H2,1-2H3/b7-5-,13-11-,18-16-,19-17-,24-22-,25-23-,30-28-,36-34-. The number of rotatable bonds is 49. The molecule has 0 radical (unpaired) electrons. The lowest BCUT2D eigenvalue weighted by atomic mass is 9.98. The maximum absolute atomic E-state index is 13.1. The van der Waals surface area contributed by atoms with Crippen LogP contribution in [-0.4, -0.2) is 142 Å². The summed E-state index contributed by atoms with van der Waals surface area (Å²) in [6, 6.07) is 0. The first-order valence-corrected chi connectivity index (χ1v) is 30.8. The smallest absolute Gasteiger partial charge is 0.306 e. The predicted molar refractivity (Wildman–Crippen MR) is 316 cm³/mol. The van der Waals surface area contributed by atoms with Gasteiger partial charge in [0.15, 0.2) is 12.6 Å². The van der Waals surface area contributed by atoms with Crippen molar-refractivity contribution in [2.45, 2.75) is 274 Å². The van der Waals surface area contributed by atoms with Gasteiger partial charge in [-0.05, 0) is 96.3 Å². The summed E-state index contributed by atoms with van der Waals surface area (Å²) in [5.74, 6) is -0.403. The summed E-state index contributed by atoms with van der Waals surface area (Å²) in [5, 5.41) is 72.5. The first-order chi connectivity index (χ1) is 38.6. The highest BCUT2D eigenvalue weighted by atomic mass is 16.7. The van der Waals surface area contributed by atoms with Crippen LogP contribution in [0.25, 0.3) is 0 Å². The third-order valence-electron chi connectivity index (χ3n) is 14.1. The molecule has 0 aromatic rings. The summed E-state index contributed by atoms with van der Waals surface area (Å²) in [6.07, 6.45) is 51.7. The average molecular weight is 1120 g/mol. The topological polar surface area (TPSA) is 214 Å². The fourth-order valence-corrected chi connectivity index (χ4v) is 9.14. The predicted octanol–water partition coefficient (Wildman–Crippen LogP) is 11.7. The molecule has 2 heterocycles. The molecule has 0 spiro atoms. The van der Waals surface area contributed by atoms with Crippen LogP contribution in [0.2, 0.25) is 0 Å². The van der Waals surface area contributed by atoms with Crippen LogP contribution in [0.1, 0.15) is 206 Å². The Morgan fingerprint density at radius 3 is 1.29 bits per heavy atom. The number of ether oxygens (including phenoxy) is 6. The van der Waals surface area contributed by atoms with Crippen LogP contribution >= 0.6 is 0 Å². The fraction of sp³-hybridized carbons (Fsp3) is 0.738. The monoisotopic (exact) mass is 1110 g/mol. The van der Waals surface area contributed by atoms with Gasteiger partial charge in [-0.25, -0.2) is 0 Å². The fourth-order valence-electron chi connectivity index (χ4n) is 9.14. The van der Waals surface area contributed by atoms with E-state index in [1.807, 2.05) is 0 Å². The van der Waals surface area contributed by atoms with Gasteiger partial charge < -0.3 is 64.2 Å². The van der Waals surface area contributed by atoms with E-state index >= 15 is 0 Å². The Kier molecular flexibility index (Phi) is 46.1. The van der Waals surface area contributed by atoms with Gasteiger partial charge in [0, 0.05) is 13.0 Å². The number of aliphatic hydroxyl groups excluding tert-OH is 7. The van der Waals surface area contributed by atoms with Crippen molar-refractivity contribution in [3.05, 3.63) is 97.2 Å². The Hall–Kier alpha value is -3.09. The largest absolute Gasteiger partial charge is 0.457 e. The highest BCUT2D eigenvalue weighted by Crippen LogP contribution is 2.27. The van der Waals surface area contributed by atoms with Crippen LogP contribution < -0.4 is 0 Å². The van der Waals surface area contributed by atoms with Crippen molar-refractivity contribution in [2.75, 3.05) is 33.0 Å². The number of carbonyl (C=O) groups is 1. The molecule has 454 valence electrons. The number of esters is 1. The number of hydrogen-bond donors (Lipinski definition) is 7. The van der Waals surface area contributed by atoms with Crippen molar-refractivity contribution < 1.29 is 69.0 Å². The second-order valence-corrected chi connectivity index (χ2v) is 21.1. The molecule has 14 nitrogen and oxygen atoms in total. The van der Waals surface area contributed by atoms with Crippen LogP contribution in [-0.2, 0) is 33.2 Å². The van der Waals surface area contributed by atoms with Crippen molar-refractivity contribution in [1.82, 2.24) is 0 Å². The Balaban J connectivity index is 1.72. The van der Waals surface area contributed by atoms with Crippen LogP contribution in [0.3, 0.4) is 0 Å². The van der Waals surface area contributed by atoms with E-state index < -0.39 is 86.7 Å². The number of unbranched alkanes of at least 4 members (excludes halogenated alkanes) is 19. The molecule has 11 unspecified atom stereocenters. The third kappa shape index (κ3) is 36.9. The quantitative estimate of drug-likeness (QED) is 0.0172. The van der Waals surface area contributed by atoms with Gasteiger partial charge in [0.2, 0.25) is 0 Å². The Bertz CT molecular complexity index is 1670. The molecule has 0 aromatic carbocycles. The molecule has 14 heteroatoms. The lowest BCUT2D eigenvalue weighted by Gasteiger charge is -2.42. The van der Waals surface area contributed by atoms with Gasteiger partial charge in [0.1, 0.15) is 54.9 Å². The number of allylic oxidation sites excluding steroid dienone is 16. The van der Waals surface area contributed by atoms with Gasteiger partial charge >= 0.3 is 5.97 Å². The summed E-state index contributed by atoms with van der Waals surface area (Å²) < 4.78 is 34.4. The highest BCUT2D eigenvalue weighted by Gasteiger charge is 2.47. The van der Waals surface area contributed by atoms with E-state index in [0.717, 1.165) is 89.9 Å². The maximum Gasteiger partial charge on any atom is 0.306 e. The summed E-state index contributed by atoms with van der Waals surface area (Å²) in [7, 11) is 0. The SMILES string of the molecule is CC/C=C\C/C=C\C/C=C\C/C=C\C/C=C\C/C=C\CCCCCCC(=O)OC(COCCCCCCCCCCCC/C=C\C/C=C\CCCCCCC)COC1OC(COC2OC(CO)C(O)C(O)C2O)C(O)C(O)C1O. The maximum atomic E-state index is 13.1. The van der Waals surface area contributed by atoms with Gasteiger partial charge in [-0.2, -0.15) is 0 Å². The van der Waals surface area contributed by atoms with E-state index in [0.29, 0.717) is 13.0 Å². The summed E-state index contributed by atoms with van der Waals surface area (Å²) in [6.45, 7) is 3.52. The zero-order valence-corrected chi connectivity index (χ0v) is 48.8. The minimum atomic E-state index is -1.72. The molecule has 7 N–H and O–H groups in total. The van der Waals surface area contributed by atoms with Gasteiger partial charge in [0.05, 0.1) is 26.4 Å². The van der Waals surface area contributed by atoms with Crippen molar-refractivity contribution in [2.24, 2.45) is 0 Å². The lowest BCUT2D eigenvalue weighted by molar-refractivity contribution is -0.332. The zero-order chi connectivity index (χ0) is 57.2. The molecule has 0 aromatic heterocycles. The molecule has 11 atom stereocenters. The van der Waals surface area contributed by atoms with Gasteiger partial charge in [-0.15, -0.1) is 0 Å². The summed E-state index contributed by atoms with van der Waals surface area (Å²) >= 11 is 0. The Labute approximate surface area is 477 Å². The molecule has 0 amide bonds. The number of carbonyl (C=O) groups excluding carboxylic acids is 1. The minimum Gasteiger partial charge on any atom is -0.457 e. The second kappa shape index (κ2) is 50.6. The normalized spacial score (nSPS) is 24.7. The van der Waals surface area contributed by atoms with Crippen LogP contribution in [0.4, 0.5) is 0 Å². The highest BCUT2D eigenvalue weighted by molar-refractivity contribution is 5.69. The molecule has 2 aliphatic rings. The van der Waals surface area contributed by atoms with E-state index in [-0.39, 0.29) is 19.6 Å². The summed E-state index contributed by atoms with van der Waals surface area (Å²) in [4.78, 5) is 13.1.